The topological polar surface area (TPSA) is 106 Å². The molecule has 1 aromatic heterocycles. The molecule has 0 bridgehead atoms. The summed E-state index contributed by atoms with van der Waals surface area (Å²) in [5.74, 6) is -1.92. The molecule has 0 radical (unpaired) electrons. The summed E-state index contributed by atoms with van der Waals surface area (Å²) in [5, 5.41) is 11.7. The van der Waals surface area contributed by atoms with Crippen molar-refractivity contribution in [3.05, 3.63) is 101 Å². The van der Waals surface area contributed by atoms with E-state index in [9.17, 15) is 19.5 Å². The first-order chi connectivity index (χ1) is 18.2. The van der Waals surface area contributed by atoms with Crippen LogP contribution < -0.4 is 14.4 Å². The van der Waals surface area contributed by atoms with Crippen LogP contribution in [0.25, 0.3) is 11.0 Å². The number of rotatable bonds is 6. The van der Waals surface area contributed by atoms with E-state index in [0.29, 0.717) is 28.0 Å². The smallest absolute Gasteiger partial charge is 0.308 e. The average molecular weight is 512 g/mol. The monoisotopic (exact) mass is 511 g/mol. The minimum absolute atomic E-state index is 0.0535. The SMILES string of the molecule is COc1cccc2cc(C(=O)C3=C(O)C(=O)N(c4cc(C)cc(C)c4)C3c3cccc(OC(C)=O)c3)oc12. The van der Waals surface area contributed by atoms with E-state index in [1.807, 2.05) is 19.9 Å². The van der Waals surface area contributed by atoms with Crippen molar-refractivity contribution in [2.24, 2.45) is 0 Å². The second kappa shape index (κ2) is 9.55. The Balaban J connectivity index is 1.68. The fourth-order valence-electron chi connectivity index (χ4n) is 4.86. The Morgan fingerprint density at radius 1 is 0.974 bits per heavy atom. The first kappa shape index (κ1) is 24.8. The van der Waals surface area contributed by atoms with Gasteiger partial charge in [0.25, 0.3) is 5.91 Å². The standard InChI is InChI=1S/C30H25NO7/c1-16-11-17(2)13-21(12-16)31-26(19-7-5-9-22(14-19)37-18(3)32)25(28(34)30(31)35)27(33)24-15-20-8-6-10-23(36-4)29(20)38-24/h5-15,26,34H,1-4H3. The number of benzene rings is 3. The molecule has 0 fully saturated rings. The zero-order valence-electron chi connectivity index (χ0n) is 21.3. The van der Waals surface area contributed by atoms with Gasteiger partial charge >= 0.3 is 5.97 Å². The van der Waals surface area contributed by atoms with Crippen molar-refractivity contribution in [2.45, 2.75) is 26.8 Å². The largest absolute Gasteiger partial charge is 0.503 e. The summed E-state index contributed by atoms with van der Waals surface area (Å²) in [6.45, 7) is 5.08. The highest BCUT2D eigenvalue weighted by Crippen LogP contribution is 2.43. The number of aliphatic hydroxyl groups excluding tert-OH is 1. The number of ketones is 1. The minimum atomic E-state index is -1.01. The van der Waals surface area contributed by atoms with Crippen molar-refractivity contribution in [1.82, 2.24) is 0 Å². The number of aliphatic hydroxyl groups is 1. The van der Waals surface area contributed by atoms with Crippen LogP contribution >= 0.6 is 0 Å². The molecule has 5 rings (SSSR count). The summed E-state index contributed by atoms with van der Waals surface area (Å²) >= 11 is 0. The molecule has 8 heteroatoms. The molecule has 3 aromatic carbocycles. The maximum Gasteiger partial charge on any atom is 0.308 e. The van der Waals surface area contributed by atoms with E-state index >= 15 is 0 Å². The highest BCUT2D eigenvalue weighted by molar-refractivity contribution is 6.20. The third-order valence-corrected chi connectivity index (χ3v) is 6.32. The summed E-state index contributed by atoms with van der Waals surface area (Å²) in [6, 6.07) is 17.9. The van der Waals surface area contributed by atoms with Crippen molar-refractivity contribution in [3.63, 3.8) is 0 Å². The van der Waals surface area contributed by atoms with E-state index in [1.165, 1.54) is 18.9 Å². The van der Waals surface area contributed by atoms with Crippen LogP contribution in [0.5, 0.6) is 11.5 Å². The summed E-state index contributed by atoms with van der Waals surface area (Å²) < 4.78 is 16.5. The molecule has 2 heterocycles. The van der Waals surface area contributed by atoms with E-state index in [2.05, 4.69) is 0 Å². The fraction of sp³-hybridized carbons (Fsp3) is 0.167. The van der Waals surface area contributed by atoms with Gasteiger partial charge in [-0.3, -0.25) is 19.3 Å². The number of furan rings is 1. The van der Waals surface area contributed by atoms with Gasteiger partial charge in [0.2, 0.25) is 5.78 Å². The van der Waals surface area contributed by atoms with Crippen molar-refractivity contribution in [1.29, 1.82) is 0 Å². The number of para-hydroxylation sites is 1. The first-order valence-corrected chi connectivity index (χ1v) is 11.9. The van der Waals surface area contributed by atoms with Crippen LogP contribution in [0.3, 0.4) is 0 Å². The van der Waals surface area contributed by atoms with E-state index in [4.69, 9.17) is 13.9 Å². The Hall–Kier alpha value is -4.85. The molecule has 1 aliphatic heterocycles. The number of hydrogen-bond acceptors (Lipinski definition) is 7. The summed E-state index contributed by atoms with van der Waals surface area (Å²) in [5.41, 5.74) is 3.02. The van der Waals surface area contributed by atoms with Gasteiger partial charge in [-0.05, 0) is 66.9 Å². The molecule has 1 N–H and O–H groups in total. The Labute approximate surface area is 218 Å². The number of aryl methyl sites for hydroxylation is 2. The van der Waals surface area contributed by atoms with Crippen LogP contribution in [0.15, 0.2) is 82.5 Å². The van der Waals surface area contributed by atoms with E-state index in [0.717, 1.165) is 11.1 Å². The van der Waals surface area contributed by atoms with Gasteiger partial charge < -0.3 is 19.0 Å². The number of hydrogen-bond donors (Lipinski definition) is 1. The normalized spacial score (nSPS) is 15.3. The van der Waals surface area contributed by atoms with Gasteiger partial charge in [-0.15, -0.1) is 0 Å². The predicted octanol–water partition coefficient (Wildman–Crippen LogP) is 5.77. The quantitative estimate of drug-likeness (QED) is 0.199. The van der Waals surface area contributed by atoms with Crippen molar-refractivity contribution in [3.8, 4) is 11.5 Å². The van der Waals surface area contributed by atoms with Crippen LogP contribution in [0.1, 0.15) is 40.2 Å². The third kappa shape index (κ3) is 4.30. The molecule has 0 saturated carbocycles. The maximum atomic E-state index is 13.9. The highest BCUT2D eigenvalue weighted by Gasteiger charge is 2.45. The lowest BCUT2D eigenvalue weighted by Gasteiger charge is -2.27. The lowest BCUT2D eigenvalue weighted by atomic mass is 9.94. The van der Waals surface area contributed by atoms with Gasteiger partial charge in [0.15, 0.2) is 22.9 Å². The number of carbonyl (C=O) groups is 3. The van der Waals surface area contributed by atoms with Crippen molar-refractivity contribution >= 4 is 34.3 Å². The first-order valence-electron chi connectivity index (χ1n) is 11.9. The number of esters is 1. The highest BCUT2D eigenvalue weighted by atomic mass is 16.5. The average Bonchev–Trinajstić information content (AvgIpc) is 3.42. The van der Waals surface area contributed by atoms with Crippen LogP contribution in [0, 0.1) is 13.8 Å². The number of carbonyl (C=O) groups excluding carboxylic acids is 3. The number of amides is 1. The Bertz CT molecular complexity index is 1630. The molecular weight excluding hydrogens is 486 g/mol. The van der Waals surface area contributed by atoms with E-state index < -0.39 is 29.5 Å². The molecule has 1 amide bonds. The van der Waals surface area contributed by atoms with Crippen LogP contribution in [-0.2, 0) is 9.59 Å². The predicted molar refractivity (Wildman–Crippen MR) is 141 cm³/mol. The van der Waals surface area contributed by atoms with Gasteiger partial charge in [-0.2, -0.15) is 0 Å². The molecule has 8 nitrogen and oxygen atoms in total. The third-order valence-electron chi connectivity index (χ3n) is 6.32. The second-order valence-electron chi connectivity index (χ2n) is 9.17. The summed E-state index contributed by atoms with van der Waals surface area (Å²) in [4.78, 5) is 40.4. The van der Waals surface area contributed by atoms with Gasteiger partial charge in [0.1, 0.15) is 5.75 Å². The van der Waals surface area contributed by atoms with Gasteiger partial charge in [0.05, 0.1) is 18.7 Å². The molecule has 0 saturated heterocycles. The molecule has 192 valence electrons. The molecule has 38 heavy (non-hydrogen) atoms. The molecule has 1 atom stereocenters. The zero-order chi connectivity index (χ0) is 27.1. The van der Waals surface area contributed by atoms with Gasteiger partial charge in [0, 0.05) is 18.0 Å². The number of nitrogens with zero attached hydrogens (tertiary/aromatic N) is 1. The summed E-state index contributed by atoms with van der Waals surface area (Å²) in [6.07, 6.45) is 0. The number of methoxy groups -OCH3 is 1. The molecule has 0 aliphatic carbocycles. The summed E-state index contributed by atoms with van der Waals surface area (Å²) in [7, 11) is 1.50. The van der Waals surface area contributed by atoms with E-state index in [1.54, 1.807) is 60.7 Å². The molecule has 0 spiro atoms. The minimum Gasteiger partial charge on any atom is -0.503 e. The maximum absolute atomic E-state index is 13.9. The van der Waals surface area contributed by atoms with Gasteiger partial charge in [-0.1, -0.05) is 30.3 Å². The van der Waals surface area contributed by atoms with Crippen molar-refractivity contribution in [2.75, 3.05) is 12.0 Å². The molecular formula is C30H25NO7. The number of fused-ring (bicyclic) bond motifs is 1. The zero-order valence-corrected chi connectivity index (χ0v) is 21.3. The van der Waals surface area contributed by atoms with Crippen LogP contribution in [0.2, 0.25) is 0 Å². The van der Waals surface area contributed by atoms with E-state index in [-0.39, 0.29) is 17.1 Å². The Kier molecular flexibility index (Phi) is 6.24. The Morgan fingerprint density at radius 2 is 1.68 bits per heavy atom. The molecule has 1 aliphatic rings. The number of anilines is 1. The molecule has 1 unspecified atom stereocenters. The van der Waals surface area contributed by atoms with Crippen LogP contribution in [0.4, 0.5) is 5.69 Å². The second-order valence-corrected chi connectivity index (χ2v) is 9.17. The lowest BCUT2D eigenvalue weighted by molar-refractivity contribution is -0.131. The fourth-order valence-corrected chi connectivity index (χ4v) is 4.86. The van der Waals surface area contributed by atoms with Gasteiger partial charge in [-0.25, -0.2) is 0 Å². The number of Topliss-reactive ketones (excluding diaryl/α,β-unsaturated/α-hetero) is 1. The van der Waals surface area contributed by atoms with Crippen molar-refractivity contribution < 1.29 is 33.4 Å². The number of ether oxygens (including phenoxy) is 2. The molecule has 4 aromatic rings. The van der Waals surface area contributed by atoms with Crippen LogP contribution in [-0.4, -0.2) is 29.9 Å². The lowest BCUT2D eigenvalue weighted by Crippen LogP contribution is -2.31. The Morgan fingerprint density at radius 3 is 2.37 bits per heavy atom.